The third-order valence-corrected chi connectivity index (χ3v) is 10.0. The summed E-state index contributed by atoms with van der Waals surface area (Å²) >= 11 is 4.44. The van der Waals surface area contributed by atoms with E-state index in [1.54, 1.807) is 12.1 Å². The molecule has 6 aromatic rings. The number of anilines is 5. The van der Waals surface area contributed by atoms with Crippen LogP contribution in [0.25, 0.3) is 22.3 Å². The summed E-state index contributed by atoms with van der Waals surface area (Å²) in [6.45, 7) is 1.73. The minimum atomic E-state index is -0.441. The molecule has 0 atom stereocenters. The van der Waals surface area contributed by atoms with Crippen LogP contribution < -0.4 is 14.7 Å². The van der Waals surface area contributed by atoms with E-state index in [0.717, 1.165) is 68.4 Å². The van der Waals surface area contributed by atoms with Gasteiger partial charge < -0.3 is 9.80 Å². The van der Waals surface area contributed by atoms with Crippen LogP contribution in [0.15, 0.2) is 169 Å². The molecule has 0 unspecified atom stereocenters. The molecule has 6 heteroatoms. The first-order chi connectivity index (χ1) is 25.6. The molecule has 0 saturated heterocycles. The molecule has 0 fully saturated rings. The molecular formula is C46H40F2N2OS. The van der Waals surface area contributed by atoms with Crippen LogP contribution in [0.4, 0.5) is 37.4 Å². The van der Waals surface area contributed by atoms with Gasteiger partial charge in [0.15, 0.2) is 5.75 Å². The summed E-state index contributed by atoms with van der Waals surface area (Å²) in [5, 5.41) is 0. The first kappa shape index (κ1) is 34.8. The summed E-state index contributed by atoms with van der Waals surface area (Å²) in [5.74, 6) is 0.851. The molecule has 7 rings (SSSR count). The lowest BCUT2D eigenvalue weighted by molar-refractivity contribution is -0.00618. The molecule has 260 valence electrons. The van der Waals surface area contributed by atoms with Gasteiger partial charge in [-0.1, -0.05) is 85.8 Å². The standard InChI is InChI=1S/C46H40F2N2OS/c1-2-33-3-17-40(18-4-33)49(42-21-7-35(32-52)8-22-42)43-23-13-38(14-24-43)36-9-11-37(12-10-36)39-15-25-44(26-16-39)50(41-19-5-34(31-47)6-20-41)45-27-29-46(51-48)30-28-45/h3-5,7-19,21-30,52H,2,6,20,31-32H2,1H3. The predicted octanol–water partition coefficient (Wildman–Crippen LogP) is 13.5. The summed E-state index contributed by atoms with van der Waals surface area (Å²) in [7, 11) is 0. The van der Waals surface area contributed by atoms with Crippen molar-refractivity contribution in [1.29, 1.82) is 0 Å². The summed E-state index contributed by atoms with van der Waals surface area (Å²) in [5.41, 5.74) is 14.0. The maximum atomic E-state index is 13.3. The minimum Gasteiger partial charge on any atom is -0.314 e. The number of allylic oxidation sites excluding steroid dienone is 4. The van der Waals surface area contributed by atoms with Crippen LogP contribution in [0, 0.1) is 0 Å². The predicted molar refractivity (Wildman–Crippen MR) is 216 cm³/mol. The van der Waals surface area contributed by atoms with E-state index in [4.69, 9.17) is 0 Å². The maximum absolute atomic E-state index is 13.3. The molecule has 0 aromatic heterocycles. The van der Waals surface area contributed by atoms with E-state index in [0.29, 0.717) is 18.6 Å². The number of nitrogens with zero attached hydrogens (tertiary/aromatic N) is 2. The van der Waals surface area contributed by atoms with Crippen molar-refractivity contribution in [2.75, 3.05) is 16.5 Å². The molecule has 6 aromatic carbocycles. The molecule has 0 N–H and O–H groups in total. The minimum absolute atomic E-state index is 0.144. The summed E-state index contributed by atoms with van der Waals surface area (Å²) in [4.78, 5) is 8.32. The van der Waals surface area contributed by atoms with Crippen LogP contribution >= 0.6 is 12.6 Å². The molecule has 0 amide bonds. The van der Waals surface area contributed by atoms with Gasteiger partial charge in [0.2, 0.25) is 0 Å². The highest BCUT2D eigenvalue weighted by Crippen LogP contribution is 2.38. The van der Waals surface area contributed by atoms with Crippen molar-refractivity contribution < 1.29 is 13.9 Å². The zero-order chi connectivity index (χ0) is 35.9. The van der Waals surface area contributed by atoms with Gasteiger partial charge in [-0.15, -0.1) is 0 Å². The topological polar surface area (TPSA) is 15.7 Å². The molecule has 0 spiro atoms. The third kappa shape index (κ3) is 7.68. The number of thiol groups is 1. The average Bonchev–Trinajstić information content (AvgIpc) is 3.22. The number of hydrogen-bond donors (Lipinski definition) is 1. The van der Waals surface area contributed by atoms with Crippen molar-refractivity contribution in [1.82, 2.24) is 0 Å². The summed E-state index contributed by atoms with van der Waals surface area (Å²) in [6.07, 6.45) is 6.20. The molecule has 1 aliphatic rings. The van der Waals surface area contributed by atoms with Gasteiger partial charge in [0.05, 0.1) is 0 Å². The third-order valence-electron chi connectivity index (χ3n) is 9.64. The number of rotatable bonds is 12. The van der Waals surface area contributed by atoms with E-state index < -0.39 is 6.67 Å². The monoisotopic (exact) mass is 706 g/mol. The highest BCUT2D eigenvalue weighted by atomic mass is 32.1. The second-order valence-electron chi connectivity index (χ2n) is 12.9. The fourth-order valence-corrected chi connectivity index (χ4v) is 6.84. The maximum Gasteiger partial charge on any atom is 0.172 e. The fraction of sp³-hybridized carbons (Fsp3) is 0.130. The van der Waals surface area contributed by atoms with Gasteiger partial charge in [0.25, 0.3) is 0 Å². The Morgan fingerprint density at radius 3 is 1.31 bits per heavy atom. The van der Waals surface area contributed by atoms with Gasteiger partial charge in [-0.25, -0.2) is 4.39 Å². The first-order valence-corrected chi connectivity index (χ1v) is 18.2. The Labute approximate surface area is 310 Å². The van der Waals surface area contributed by atoms with Crippen LogP contribution in [0.2, 0.25) is 0 Å². The van der Waals surface area contributed by atoms with Crippen molar-refractivity contribution in [3.05, 3.63) is 180 Å². The van der Waals surface area contributed by atoms with Gasteiger partial charge in [-0.05, 0) is 137 Å². The Kier molecular flexibility index (Phi) is 10.8. The number of aryl methyl sites for hydroxylation is 1. The van der Waals surface area contributed by atoms with Crippen LogP contribution in [0.3, 0.4) is 0 Å². The smallest absolute Gasteiger partial charge is 0.172 e. The lowest BCUT2D eigenvalue weighted by Gasteiger charge is -2.29. The summed E-state index contributed by atoms with van der Waals surface area (Å²) < 4.78 is 26.1. The Hall–Kier alpha value is -5.59. The van der Waals surface area contributed by atoms with Gasteiger partial charge in [0, 0.05) is 44.4 Å². The van der Waals surface area contributed by atoms with Gasteiger partial charge in [-0.2, -0.15) is 12.6 Å². The molecule has 3 nitrogen and oxygen atoms in total. The van der Waals surface area contributed by atoms with Crippen molar-refractivity contribution in [3.63, 3.8) is 0 Å². The van der Waals surface area contributed by atoms with Crippen LogP contribution in [0.1, 0.15) is 30.9 Å². The average molecular weight is 707 g/mol. The molecule has 52 heavy (non-hydrogen) atoms. The molecule has 0 heterocycles. The highest BCUT2D eigenvalue weighted by Gasteiger charge is 2.18. The Bertz CT molecular complexity index is 2100. The Morgan fingerprint density at radius 2 is 0.923 bits per heavy atom. The number of alkyl halides is 1. The molecule has 0 radical (unpaired) electrons. The van der Waals surface area contributed by atoms with Crippen molar-refractivity contribution in [2.45, 2.75) is 31.9 Å². The van der Waals surface area contributed by atoms with Gasteiger partial charge in [-0.3, -0.25) is 4.94 Å². The van der Waals surface area contributed by atoms with E-state index in [2.05, 4.69) is 156 Å². The number of hydrogen-bond acceptors (Lipinski definition) is 4. The lowest BCUT2D eigenvalue weighted by atomic mass is 9.99. The normalized spacial score (nSPS) is 12.5. The lowest BCUT2D eigenvalue weighted by Crippen LogP contribution is -2.18. The quantitative estimate of drug-likeness (QED) is 0.128. The molecule has 1 aliphatic carbocycles. The van der Waals surface area contributed by atoms with E-state index in [1.165, 1.54) is 11.1 Å². The highest BCUT2D eigenvalue weighted by molar-refractivity contribution is 7.79. The second kappa shape index (κ2) is 16.2. The van der Waals surface area contributed by atoms with E-state index in [-0.39, 0.29) is 5.75 Å². The van der Waals surface area contributed by atoms with Crippen LogP contribution in [-0.4, -0.2) is 6.67 Å². The zero-order valence-electron chi connectivity index (χ0n) is 29.1. The van der Waals surface area contributed by atoms with Crippen molar-refractivity contribution in [3.8, 4) is 28.0 Å². The molecule has 0 bridgehead atoms. The van der Waals surface area contributed by atoms with E-state index in [1.807, 2.05) is 24.3 Å². The van der Waals surface area contributed by atoms with Gasteiger partial charge in [0.1, 0.15) is 6.67 Å². The van der Waals surface area contributed by atoms with Crippen LogP contribution in [0.5, 0.6) is 5.75 Å². The Balaban J connectivity index is 1.12. The largest absolute Gasteiger partial charge is 0.314 e. The van der Waals surface area contributed by atoms with Crippen molar-refractivity contribution >= 4 is 41.1 Å². The second-order valence-corrected chi connectivity index (χ2v) is 13.2. The summed E-state index contributed by atoms with van der Waals surface area (Å²) in [6, 6.07) is 50.0. The zero-order valence-corrected chi connectivity index (χ0v) is 29.9. The number of benzene rings is 6. The Morgan fingerprint density at radius 1 is 0.519 bits per heavy atom. The first-order valence-electron chi connectivity index (χ1n) is 17.6. The van der Waals surface area contributed by atoms with E-state index in [9.17, 15) is 8.92 Å². The van der Waals surface area contributed by atoms with E-state index >= 15 is 0 Å². The molecular weight excluding hydrogens is 667 g/mol. The molecule has 0 aliphatic heterocycles. The SMILES string of the molecule is CCc1ccc(N(c2ccc(CS)cc2)c2ccc(-c3ccc(-c4ccc(N(C5=CC=C(CF)CC5)c5ccc(OF)cc5)cc4)cc3)cc2)cc1. The fourth-order valence-electron chi connectivity index (χ4n) is 6.63. The molecule has 0 saturated carbocycles. The van der Waals surface area contributed by atoms with Gasteiger partial charge >= 0.3 is 0 Å². The number of halogens is 2. The van der Waals surface area contributed by atoms with Crippen molar-refractivity contribution in [2.24, 2.45) is 0 Å². The van der Waals surface area contributed by atoms with Crippen LogP contribution in [-0.2, 0) is 12.2 Å².